The van der Waals surface area contributed by atoms with Crippen molar-refractivity contribution in [3.05, 3.63) is 34.9 Å². The van der Waals surface area contributed by atoms with Crippen molar-refractivity contribution in [1.29, 1.82) is 0 Å². The minimum Gasteiger partial charge on any atom is -0.479 e. The van der Waals surface area contributed by atoms with Crippen molar-refractivity contribution in [2.24, 2.45) is 20.5 Å². The fraction of sp³-hybridized carbons (Fsp3) is 0.370. The second-order valence-corrected chi connectivity index (χ2v) is 10.3. The Morgan fingerprint density at radius 2 is 1.18 bits per heavy atom. The fourth-order valence-electron chi connectivity index (χ4n) is 4.45. The maximum atomic E-state index is 12.1. The molecule has 5 aromatic rings. The van der Waals surface area contributed by atoms with Crippen LogP contribution in [0.25, 0.3) is 11.9 Å². The van der Waals surface area contributed by atoms with Crippen LogP contribution in [0.15, 0.2) is 32.9 Å². The summed E-state index contributed by atoms with van der Waals surface area (Å²) in [4.78, 5) is 36.6. The maximum absolute atomic E-state index is 12.1. The molecular weight excluding hydrogens is 642 g/mol. The minimum absolute atomic E-state index is 0.0157. The number of aryl methyl sites for hydroxylation is 2. The van der Waals surface area contributed by atoms with Crippen LogP contribution < -0.4 is 11.5 Å². The van der Waals surface area contributed by atoms with Gasteiger partial charge in [0.2, 0.25) is 0 Å². The van der Waals surface area contributed by atoms with Crippen LogP contribution in [0.3, 0.4) is 0 Å². The molecule has 256 valence electrons. The largest absolute Gasteiger partial charge is 0.479 e. The summed E-state index contributed by atoms with van der Waals surface area (Å²) in [6.45, 7) is 4.02. The molecule has 7 N–H and O–H groups in total. The molecule has 0 saturated heterocycles. The highest BCUT2D eigenvalue weighted by molar-refractivity contribution is 5.94. The van der Waals surface area contributed by atoms with Gasteiger partial charge in [-0.05, 0) is 25.7 Å². The van der Waals surface area contributed by atoms with Gasteiger partial charge in [-0.2, -0.15) is 44.7 Å². The first-order chi connectivity index (χ1) is 23.7. The fourth-order valence-corrected chi connectivity index (χ4v) is 4.45. The highest BCUT2D eigenvalue weighted by Crippen LogP contribution is 2.34. The Hall–Kier alpha value is -6.61. The lowest BCUT2D eigenvalue weighted by molar-refractivity contribution is 0.0592. The third kappa shape index (κ3) is 7.06. The summed E-state index contributed by atoms with van der Waals surface area (Å²) in [7, 11) is 2.47. The number of nitrogen functional groups attached to an aromatic ring is 2. The SMILES string of the molecule is CCCCc1nn(-c2nc(O)nc(-n3nc(CCCC)c(/N=N/c4[nH]ncc4C(=O)OC)c3N)n2)c(N)c1/N=N/c1[nH]ncc1C(=O)OC. The molecule has 49 heavy (non-hydrogen) atoms. The van der Waals surface area contributed by atoms with Crippen molar-refractivity contribution in [2.75, 3.05) is 25.7 Å². The van der Waals surface area contributed by atoms with Gasteiger partial charge in [0, 0.05) is 0 Å². The van der Waals surface area contributed by atoms with Crippen LogP contribution in [-0.4, -0.2) is 86.2 Å². The van der Waals surface area contributed by atoms with Crippen molar-refractivity contribution >= 4 is 46.6 Å². The predicted molar refractivity (Wildman–Crippen MR) is 170 cm³/mol. The number of H-pyrrole nitrogens is 2. The Kier molecular flexibility index (Phi) is 10.2. The van der Waals surface area contributed by atoms with E-state index in [1.165, 1.54) is 36.0 Å². The van der Waals surface area contributed by atoms with Crippen LogP contribution >= 0.6 is 0 Å². The number of carbonyl (C=O) groups excluding carboxylic acids is 2. The van der Waals surface area contributed by atoms with Crippen molar-refractivity contribution in [1.82, 2.24) is 54.9 Å². The first kappa shape index (κ1) is 33.7. The molecule has 0 aliphatic heterocycles. The summed E-state index contributed by atoms with van der Waals surface area (Å²) in [5.41, 5.74) is 14.4. The first-order valence-corrected chi connectivity index (χ1v) is 15.0. The lowest BCUT2D eigenvalue weighted by Gasteiger charge is -2.06. The number of hydrogen-bond donors (Lipinski definition) is 5. The van der Waals surface area contributed by atoms with Crippen molar-refractivity contribution in [2.45, 2.75) is 52.4 Å². The van der Waals surface area contributed by atoms with E-state index < -0.39 is 17.9 Å². The summed E-state index contributed by atoms with van der Waals surface area (Å²) < 4.78 is 11.9. The monoisotopic (exact) mass is 675 g/mol. The molecule has 0 spiro atoms. The number of aromatic amines is 2. The van der Waals surface area contributed by atoms with Gasteiger partial charge in [0.25, 0.3) is 11.9 Å². The number of esters is 2. The Bertz CT molecular complexity index is 1880. The second-order valence-electron chi connectivity index (χ2n) is 10.3. The summed E-state index contributed by atoms with van der Waals surface area (Å²) in [5.74, 6) is -1.59. The zero-order chi connectivity index (χ0) is 35.1. The lowest BCUT2D eigenvalue weighted by Crippen LogP contribution is -2.13. The normalized spacial score (nSPS) is 11.6. The van der Waals surface area contributed by atoms with Gasteiger partial charge in [0.15, 0.2) is 34.6 Å². The number of aromatic nitrogens is 11. The summed E-state index contributed by atoms with van der Waals surface area (Å²) in [6.07, 6.45) is 6.63. The van der Waals surface area contributed by atoms with Gasteiger partial charge in [0.05, 0.1) is 38.0 Å². The van der Waals surface area contributed by atoms with E-state index in [1.54, 1.807) is 0 Å². The molecule has 0 aliphatic carbocycles. The van der Waals surface area contributed by atoms with E-state index in [1.807, 2.05) is 13.8 Å². The molecule has 0 fully saturated rings. The molecule has 5 aromatic heterocycles. The minimum atomic E-state index is -0.679. The average Bonchev–Trinajstić information content (AvgIpc) is 3.89. The van der Waals surface area contributed by atoms with Crippen LogP contribution in [-0.2, 0) is 22.3 Å². The lowest BCUT2D eigenvalue weighted by atomic mass is 10.2. The van der Waals surface area contributed by atoms with Crippen LogP contribution in [0.1, 0.15) is 71.6 Å². The number of nitrogens with one attached hydrogen (secondary N) is 2. The first-order valence-electron chi connectivity index (χ1n) is 15.0. The maximum Gasteiger partial charge on any atom is 0.343 e. The third-order valence-corrected chi connectivity index (χ3v) is 6.99. The summed E-state index contributed by atoms with van der Waals surface area (Å²) in [6, 6.07) is -0.679. The van der Waals surface area contributed by atoms with Crippen molar-refractivity contribution < 1.29 is 24.2 Å². The van der Waals surface area contributed by atoms with E-state index in [-0.39, 0.29) is 57.7 Å². The highest BCUT2D eigenvalue weighted by Gasteiger charge is 2.24. The number of unbranched alkanes of at least 4 members (excludes halogenated alkanes) is 2. The van der Waals surface area contributed by atoms with Gasteiger partial charge in [-0.3, -0.25) is 10.2 Å². The number of hydrogen-bond acceptors (Lipinski definition) is 18. The quantitative estimate of drug-likeness (QED) is 0.0829. The molecule has 22 heteroatoms. The van der Waals surface area contributed by atoms with Crippen LogP contribution in [0.4, 0.5) is 34.6 Å². The van der Waals surface area contributed by atoms with Gasteiger partial charge in [0.1, 0.15) is 11.1 Å². The van der Waals surface area contributed by atoms with Gasteiger partial charge in [-0.15, -0.1) is 20.5 Å². The van der Waals surface area contributed by atoms with Gasteiger partial charge >= 0.3 is 17.9 Å². The number of ether oxygens (including phenoxy) is 2. The number of carbonyl (C=O) groups is 2. The number of anilines is 2. The number of rotatable bonds is 14. The van der Waals surface area contributed by atoms with Gasteiger partial charge in [-0.25, -0.2) is 9.59 Å². The zero-order valence-corrected chi connectivity index (χ0v) is 26.9. The van der Waals surface area contributed by atoms with E-state index in [4.69, 9.17) is 20.9 Å². The topological polar surface area (TPSA) is 306 Å². The van der Waals surface area contributed by atoms with Gasteiger partial charge < -0.3 is 26.0 Å². The van der Waals surface area contributed by atoms with Crippen molar-refractivity contribution in [3.63, 3.8) is 0 Å². The molecule has 0 aliphatic rings. The highest BCUT2D eigenvalue weighted by atomic mass is 16.5. The Morgan fingerprint density at radius 1 is 0.755 bits per heavy atom. The Morgan fingerprint density at radius 3 is 1.57 bits per heavy atom. The Labute approximate surface area is 277 Å². The second kappa shape index (κ2) is 14.9. The predicted octanol–water partition coefficient (Wildman–Crippen LogP) is 3.65. The molecule has 0 amide bonds. The molecule has 0 saturated carbocycles. The van der Waals surface area contributed by atoms with E-state index >= 15 is 0 Å². The van der Waals surface area contributed by atoms with E-state index in [0.717, 1.165) is 25.7 Å². The van der Waals surface area contributed by atoms with Crippen LogP contribution in [0, 0.1) is 0 Å². The molecule has 22 nitrogen and oxygen atoms in total. The van der Waals surface area contributed by atoms with Gasteiger partial charge in [-0.1, -0.05) is 26.7 Å². The standard InChI is InChI=1S/C27H33N17O5/c1-5-7-9-15-17(35-39-21-13(11-30-37-21)23(45)48-3)19(28)43(41-15)25-32-26(34-27(47)33-25)44-20(29)18(16(42-44)10-8-6-2)36-40-22-14(12-31-38-22)24(46)49-4/h11-12H,5-10,28-29H2,1-4H3,(H,30,37)(H,31,38)(H,32,33,34,47)/b39-35+,40-36+. The smallest absolute Gasteiger partial charge is 0.343 e. The van der Waals surface area contributed by atoms with E-state index in [2.05, 4.69) is 66.0 Å². The molecule has 5 rings (SSSR count). The number of nitrogens with two attached hydrogens (primary N) is 2. The summed E-state index contributed by atoms with van der Waals surface area (Å²) >= 11 is 0. The number of azo groups is 2. The van der Waals surface area contributed by atoms with Crippen LogP contribution in [0.2, 0.25) is 0 Å². The number of aromatic hydroxyl groups is 1. The van der Waals surface area contributed by atoms with Crippen molar-refractivity contribution in [3.8, 4) is 17.9 Å². The number of methoxy groups -OCH3 is 2. The molecule has 0 radical (unpaired) electrons. The third-order valence-electron chi connectivity index (χ3n) is 6.99. The number of nitrogens with zero attached hydrogens (tertiary/aromatic N) is 13. The molecule has 0 atom stereocenters. The van der Waals surface area contributed by atoms with E-state index in [9.17, 15) is 14.7 Å². The molecular formula is C27H33N17O5. The molecule has 0 bridgehead atoms. The van der Waals surface area contributed by atoms with E-state index in [0.29, 0.717) is 24.2 Å². The van der Waals surface area contributed by atoms with Crippen LogP contribution in [0.5, 0.6) is 6.01 Å². The average molecular weight is 676 g/mol. The molecule has 0 aromatic carbocycles. The zero-order valence-electron chi connectivity index (χ0n) is 26.9. The summed E-state index contributed by atoms with van der Waals surface area (Å²) in [5, 5.41) is 49.3. The molecule has 0 unspecified atom stereocenters. The molecule has 5 heterocycles. The Balaban J connectivity index is 1.56.